The van der Waals surface area contributed by atoms with Crippen molar-refractivity contribution in [2.45, 2.75) is 25.3 Å². The number of hydrogen-bond acceptors (Lipinski definition) is 1. The molecule has 1 aliphatic heterocycles. The van der Waals surface area contributed by atoms with Crippen molar-refractivity contribution in [2.75, 3.05) is 19.6 Å². The molecule has 3 heteroatoms. The molecule has 1 aromatic rings. The number of nitrogens with two attached hydrogens (primary N) is 1. The van der Waals surface area contributed by atoms with E-state index >= 15 is 0 Å². The van der Waals surface area contributed by atoms with Crippen LogP contribution in [0.5, 0.6) is 0 Å². The number of halogens is 1. The van der Waals surface area contributed by atoms with Crippen molar-refractivity contribution >= 4 is 0 Å². The minimum Gasteiger partial charge on any atom is -1.00 e. The molecule has 1 atom stereocenters. The summed E-state index contributed by atoms with van der Waals surface area (Å²) in [6.45, 7) is 3.93. The van der Waals surface area contributed by atoms with E-state index in [2.05, 4.69) is 24.3 Å². The van der Waals surface area contributed by atoms with E-state index in [0.717, 1.165) is 6.42 Å². The zero-order valence-corrected chi connectivity index (χ0v) is 10.4. The van der Waals surface area contributed by atoms with Gasteiger partial charge in [-0.05, 0) is 5.56 Å². The standard InChI is InChI=1S/C13H20N2.ClH/c14-13(12-6-2-1-3-7-12)8-11-15-9-4-5-10-15;/h1-3,6-7,13H,4-5,8-11,14H2;1H. The van der Waals surface area contributed by atoms with Crippen LogP contribution in [-0.4, -0.2) is 19.6 Å². The minimum atomic E-state index is 0. The molecule has 3 N–H and O–H groups in total. The molecule has 0 aromatic heterocycles. The lowest BCUT2D eigenvalue weighted by Crippen LogP contribution is -3.10. The first kappa shape index (κ1) is 13.5. The van der Waals surface area contributed by atoms with Gasteiger partial charge in [-0.1, -0.05) is 30.3 Å². The molecule has 0 bridgehead atoms. The fourth-order valence-electron chi connectivity index (χ4n) is 2.35. The topological polar surface area (TPSA) is 30.5 Å². The van der Waals surface area contributed by atoms with E-state index in [-0.39, 0.29) is 18.4 Å². The van der Waals surface area contributed by atoms with Gasteiger partial charge in [-0.15, -0.1) is 0 Å². The van der Waals surface area contributed by atoms with Crippen LogP contribution >= 0.6 is 0 Å². The number of quaternary nitrogens is 1. The Labute approximate surface area is 104 Å². The van der Waals surface area contributed by atoms with E-state index in [9.17, 15) is 0 Å². The Bertz CT molecular complexity index is 283. The van der Waals surface area contributed by atoms with Gasteiger partial charge in [-0.2, -0.15) is 0 Å². The van der Waals surface area contributed by atoms with E-state index in [0.29, 0.717) is 0 Å². The molecule has 1 aliphatic rings. The van der Waals surface area contributed by atoms with Crippen molar-refractivity contribution in [1.29, 1.82) is 0 Å². The lowest BCUT2D eigenvalue weighted by Gasteiger charge is -2.16. The van der Waals surface area contributed by atoms with Gasteiger partial charge < -0.3 is 23.0 Å². The maximum Gasteiger partial charge on any atom is 0.0789 e. The quantitative estimate of drug-likeness (QED) is 0.613. The minimum absolute atomic E-state index is 0. The smallest absolute Gasteiger partial charge is 0.0789 e. The molecule has 0 amide bonds. The SMILES string of the molecule is NC(CC[NH+]1CCCC1)c1ccccc1.[Cl-]. The van der Waals surface area contributed by atoms with E-state index in [1.807, 2.05) is 6.07 Å². The van der Waals surface area contributed by atoms with E-state index in [1.165, 1.54) is 38.0 Å². The molecule has 0 aliphatic carbocycles. The third kappa shape index (κ3) is 3.78. The van der Waals surface area contributed by atoms with Crippen LogP contribution in [0.15, 0.2) is 30.3 Å². The van der Waals surface area contributed by atoms with E-state index in [1.54, 1.807) is 4.90 Å². The van der Waals surface area contributed by atoms with Gasteiger partial charge in [0.05, 0.1) is 19.6 Å². The molecule has 1 heterocycles. The first-order valence-corrected chi connectivity index (χ1v) is 6.00. The number of benzene rings is 1. The van der Waals surface area contributed by atoms with Crippen LogP contribution < -0.4 is 23.0 Å². The number of likely N-dealkylation sites (tertiary alicyclic amines) is 1. The summed E-state index contributed by atoms with van der Waals surface area (Å²) < 4.78 is 0. The zero-order chi connectivity index (χ0) is 10.5. The normalized spacial score (nSPS) is 18.1. The summed E-state index contributed by atoms with van der Waals surface area (Å²) in [5.41, 5.74) is 7.43. The summed E-state index contributed by atoms with van der Waals surface area (Å²) in [5.74, 6) is 0. The average molecular weight is 241 g/mol. The van der Waals surface area contributed by atoms with Crippen LogP contribution in [0.1, 0.15) is 30.9 Å². The lowest BCUT2D eigenvalue weighted by atomic mass is 10.0. The predicted molar refractivity (Wildman–Crippen MR) is 62.8 cm³/mol. The fourth-order valence-corrected chi connectivity index (χ4v) is 2.35. The highest BCUT2D eigenvalue weighted by molar-refractivity contribution is 5.18. The molecule has 1 aromatic carbocycles. The molecule has 90 valence electrons. The van der Waals surface area contributed by atoms with Crippen molar-refractivity contribution in [3.8, 4) is 0 Å². The monoisotopic (exact) mass is 240 g/mol. The summed E-state index contributed by atoms with van der Waals surface area (Å²) in [7, 11) is 0. The van der Waals surface area contributed by atoms with Gasteiger partial charge in [0.25, 0.3) is 0 Å². The summed E-state index contributed by atoms with van der Waals surface area (Å²) in [5, 5.41) is 0. The van der Waals surface area contributed by atoms with Crippen LogP contribution in [0.25, 0.3) is 0 Å². The first-order chi connectivity index (χ1) is 7.36. The Balaban J connectivity index is 0.00000128. The Morgan fingerprint density at radius 1 is 1.12 bits per heavy atom. The highest BCUT2D eigenvalue weighted by Crippen LogP contribution is 2.11. The number of hydrogen-bond donors (Lipinski definition) is 2. The highest BCUT2D eigenvalue weighted by atomic mass is 35.5. The predicted octanol–water partition coefficient (Wildman–Crippen LogP) is -2.24. The van der Waals surface area contributed by atoms with Crippen molar-refractivity contribution in [1.82, 2.24) is 0 Å². The molecule has 1 unspecified atom stereocenters. The van der Waals surface area contributed by atoms with E-state index < -0.39 is 0 Å². The number of rotatable bonds is 4. The molecular weight excluding hydrogens is 220 g/mol. The second kappa shape index (κ2) is 6.89. The maximum absolute atomic E-state index is 6.16. The highest BCUT2D eigenvalue weighted by Gasteiger charge is 2.16. The average Bonchev–Trinajstić information content (AvgIpc) is 2.80. The maximum atomic E-state index is 6.16. The van der Waals surface area contributed by atoms with Crippen molar-refractivity contribution in [2.24, 2.45) is 5.73 Å². The first-order valence-electron chi connectivity index (χ1n) is 6.00. The lowest BCUT2D eigenvalue weighted by molar-refractivity contribution is -0.887. The number of nitrogens with one attached hydrogen (secondary N) is 1. The Kier molecular flexibility index (Phi) is 5.81. The second-order valence-electron chi connectivity index (χ2n) is 4.51. The summed E-state index contributed by atoms with van der Waals surface area (Å²) in [6.07, 6.45) is 3.91. The van der Waals surface area contributed by atoms with Gasteiger partial charge in [0.15, 0.2) is 0 Å². The Morgan fingerprint density at radius 2 is 1.75 bits per heavy atom. The van der Waals surface area contributed by atoms with Crippen molar-refractivity contribution in [3.63, 3.8) is 0 Å². The van der Waals surface area contributed by atoms with Crippen molar-refractivity contribution in [3.05, 3.63) is 35.9 Å². The Morgan fingerprint density at radius 3 is 2.38 bits per heavy atom. The van der Waals surface area contributed by atoms with Crippen LogP contribution in [0.4, 0.5) is 0 Å². The van der Waals surface area contributed by atoms with Gasteiger partial charge in [0, 0.05) is 25.3 Å². The molecular formula is C13H21ClN2. The van der Waals surface area contributed by atoms with Gasteiger partial charge in [-0.3, -0.25) is 0 Å². The third-order valence-corrected chi connectivity index (χ3v) is 3.35. The van der Waals surface area contributed by atoms with E-state index in [4.69, 9.17) is 5.73 Å². The molecule has 16 heavy (non-hydrogen) atoms. The molecule has 0 radical (unpaired) electrons. The molecule has 2 nitrogen and oxygen atoms in total. The van der Waals surface area contributed by atoms with Gasteiger partial charge in [0.2, 0.25) is 0 Å². The summed E-state index contributed by atoms with van der Waals surface area (Å²) >= 11 is 0. The summed E-state index contributed by atoms with van der Waals surface area (Å²) in [4.78, 5) is 1.74. The molecule has 0 spiro atoms. The molecule has 1 saturated heterocycles. The molecule has 1 fully saturated rings. The Hall–Kier alpha value is -0.570. The zero-order valence-electron chi connectivity index (χ0n) is 9.66. The van der Waals surface area contributed by atoms with Gasteiger partial charge in [0.1, 0.15) is 0 Å². The second-order valence-corrected chi connectivity index (χ2v) is 4.51. The van der Waals surface area contributed by atoms with Gasteiger partial charge >= 0.3 is 0 Å². The van der Waals surface area contributed by atoms with Crippen LogP contribution in [0, 0.1) is 0 Å². The largest absolute Gasteiger partial charge is 1.00 e. The fraction of sp³-hybridized carbons (Fsp3) is 0.538. The van der Waals surface area contributed by atoms with Crippen LogP contribution in [0.3, 0.4) is 0 Å². The molecule has 2 rings (SSSR count). The van der Waals surface area contributed by atoms with Crippen molar-refractivity contribution < 1.29 is 17.3 Å². The van der Waals surface area contributed by atoms with Crippen LogP contribution in [0.2, 0.25) is 0 Å². The summed E-state index contributed by atoms with van der Waals surface area (Å²) in [6, 6.07) is 10.7. The van der Waals surface area contributed by atoms with Gasteiger partial charge in [-0.25, -0.2) is 0 Å². The van der Waals surface area contributed by atoms with Crippen LogP contribution in [-0.2, 0) is 0 Å². The molecule has 0 saturated carbocycles. The third-order valence-electron chi connectivity index (χ3n) is 3.35.